The number of hydrogen-bond acceptors (Lipinski definition) is 7. The van der Waals surface area contributed by atoms with Crippen LogP contribution in [-0.2, 0) is 15.1 Å². The number of aliphatic hydroxyl groups is 1. The maximum atomic E-state index is 14.6. The van der Waals surface area contributed by atoms with E-state index in [4.69, 9.17) is 28.2 Å². The standard InChI is InChI=1S/C34H41Cl2N5O3S/c1-20(2)28-29(32(44)40-21(3)6-15-27(40)31(43)39-17-16-38(5)26(18-39)19-42)45-33-37-34(4,23-9-13-25(36)14-10-23)30(41(28)33)22-7-11-24(35)12-8-22/h7-14,20-21,26-27,30,42H,6,15-19H2,1-5H3/t21?,26-,27+,30-,34+/m1/s1. The zero-order chi connectivity index (χ0) is 32.2. The lowest BCUT2D eigenvalue weighted by Gasteiger charge is -2.41. The quantitative estimate of drug-likeness (QED) is 0.422. The van der Waals surface area contributed by atoms with Crippen LogP contribution in [0.1, 0.15) is 57.7 Å². The van der Waals surface area contributed by atoms with E-state index >= 15 is 0 Å². The number of carbonyl (C=O) groups is 2. The number of thioether (sulfide) groups is 1. The molecule has 8 nitrogen and oxygen atoms in total. The van der Waals surface area contributed by atoms with E-state index in [9.17, 15) is 14.7 Å². The summed E-state index contributed by atoms with van der Waals surface area (Å²) in [7, 11) is 1.97. The monoisotopic (exact) mass is 669 g/mol. The Balaban J connectivity index is 1.37. The minimum Gasteiger partial charge on any atom is -0.395 e. The molecule has 0 spiro atoms. The molecule has 45 heavy (non-hydrogen) atoms. The zero-order valence-electron chi connectivity index (χ0n) is 26.4. The van der Waals surface area contributed by atoms with E-state index in [1.165, 1.54) is 11.8 Å². The highest BCUT2D eigenvalue weighted by Crippen LogP contribution is 2.56. The predicted octanol–water partition coefficient (Wildman–Crippen LogP) is 5.75. The van der Waals surface area contributed by atoms with Crippen LogP contribution in [0.25, 0.3) is 0 Å². The molecule has 240 valence electrons. The summed E-state index contributed by atoms with van der Waals surface area (Å²) < 4.78 is 0. The van der Waals surface area contributed by atoms with Gasteiger partial charge < -0.3 is 19.8 Å². The molecule has 11 heteroatoms. The first-order valence-corrected chi connectivity index (χ1v) is 17.3. The van der Waals surface area contributed by atoms with Crippen molar-refractivity contribution in [1.29, 1.82) is 0 Å². The minimum absolute atomic E-state index is 0.00700. The lowest BCUT2D eigenvalue weighted by molar-refractivity contribution is -0.145. The van der Waals surface area contributed by atoms with Crippen LogP contribution in [0.4, 0.5) is 0 Å². The highest BCUT2D eigenvalue weighted by Gasteiger charge is 2.54. The molecule has 2 saturated heterocycles. The van der Waals surface area contributed by atoms with Crippen molar-refractivity contribution in [3.8, 4) is 0 Å². The molecular formula is C34H41Cl2N5O3S. The van der Waals surface area contributed by atoms with Crippen molar-refractivity contribution in [3.05, 3.63) is 80.3 Å². The Morgan fingerprint density at radius 3 is 2.31 bits per heavy atom. The van der Waals surface area contributed by atoms with E-state index in [1.54, 1.807) is 0 Å². The van der Waals surface area contributed by atoms with Gasteiger partial charge in [0.05, 0.1) is 18.7 Å². The minimum atomic E-state index is -0.653. The number of amidine groups is 1. The van der Waals surface area contributed by atoms with Crippen molar-refractivity contribution in [2.45, 2.75) is 70.2 Å². The van der Waals surface area contributed by atoms with Gasteiger partial charge in [-0.05, 0) is 86.8 Å². The topological polar surface area (TPSA) is 79.7 Å². The van der Waals surface area contributed by atoms with Gasteiger partial charge in [-0.25, -0.2) is 4.99 Å². The van der Waals surface area contributed by atoms with E-state index in [0.717, 1.165) is 28.4 Å². The molecule has 1 unspecified atom stereocenters. The summed E-state index contributed by atoms with van der Waals surface area (Å²) in [6.45, 7) is 10.1. The summed E-state index contributed by atoms with van der Waals surface area (Å²) in [5, 5.41) is 12.0. The number of nitrogens with zero attached hydrogens (tertiary/aromatic N) is 5. The fraction of sp³-hybridized carbons (Fsp3) is 0.500. The van der Waals surface area contributed by atoms with Gasteiger partial charge in [0, 0.05) is 41.4 Å². The molecule has 0 aromatic heterocycles. The molecular weight excluding hydrogens is 629 g/mol. The lowest BCUT2D eigenvalue weighted by atomic mass is 9.81. The van der Waals surface area contributed by atoms with Gasteiger partial charge in [0.2, 0.25) is 5.91 Å². The Morgan fingerprint density at radius 1 is 1.04 bits per heavy atom. The fourth-order valence-corrected chi connectivity index (χ4v) is 8.91. The number of likely N-dealkylation sites (N-methyl/N-ethyl adjacent to an activating group) is 1. The highest BCUT2D eigenvalue weighted by molar-refractivity contribution is 8.18. The van der Waals surface area contributed by atoms with E-state index < -0.39 is 11.6 Å². The largest absolute Gasteiger partial charge is 0.395 e. The third-order valence-corrected chi connectivity index (χ3v) is 11.4. The Hall–Kier alpha value is -2.56. The number of amides is 2. The van der Waals surface area contributed by atoms with E-state index in [0.29, 0.717) is 41.0 Å². The number of hydrogen-bond donors (Lipinski definition) is 1. The van der Waals surface area contributed by atoms with Crippen molar-refractivity contribution in [1.82, 2.24) is 19.6 Å². The Kier molecular flexibility index (Phi) is 9.04. The van der Waals surface area contributed by atoms with Crippen LogP contribution in [-0.4, -0.2) is 93.1 Å². The van der Waals surface area contributed by atoms with Gasteiger partial charge in [-0.2, -0.15) is 0 Å². The van der Waals surface area contributed by atoms with Gasteiger partial charge in [-0.15, -0.1) is 0 Å². The smallest absolute Gasteiger partial charge is 0.263 e. The maximum Gasteiger partial charge on any atom is 0.263 e. The van der Waals surface area contributed by atoms with Crippen LogP contribution in [0, 0.1) is 5.92 Å². The van der Waals surface area contributed by atoms with Gasteiger partial charge in [0.25, 0.3) is 5.91 Å². The molecule has 6 rings (SSSR count). The van der Waals surface area contributed by atoms with Gasteiger partial charge in [0.15, 0.2) is 5.17 Å². The van der Waals surface area contributed by atoms with Crippen molar-refractivity contribution < 1.29 is 14.7 Å². The molecule has 0 radical (unpaired) electrons. The Labute approximate surface area is 280 Å². The van der Waals surface area contributed by atoms with E-state index in [1.807, 2.05) is 72.3 Å². The number of carbonyl (C=O) groups excluding carboxylic acids is 2. The first-order valence-electron chi connectivity index (χ1n) is 15.7. The van der Waals surface area contributed by atoms with Crippen LogP contribution in [0.2, 0.25) is 10.0 Å². The number of piperazine rings is 1. The van der Waals surface area contributed by atoms with E-state index in [-0.39, 0.29) is 42.5 Å². The van der Waals surface area contributed by atoms with Gasteiger partial charge >= 0.3 is 0 Å². The molecule has 1 N–H and O–H groups in total. The third kappa shape index (κ3) is 5.69. The summed E-state index contributed by atoms with van der Waals surface area (Å²) in [4.78, 5) is 42.5. The fourth-order valence-electron chi connectivity index (χ4n) is 7.30. The Bertz CT molecular complexity index is 1530. The normalized spacial score (nSPS) is 28.7. The molecule has 4 aliphatic heterocycles. The second-order valence-corrected chi connectivity index (χ2v) is 15.0. The van der Waals surface area contributed by atoms with Gasteiger partial charge in [-0.3, -0.25) is 14.5 Å². The molecule has 2 fully saturated rings. The number of fused-ring (bicyclic) bond motifs is 1. The molecule has 5 atom stereocenters. The first-order chi connectivity index (χ1) is 21.4. The van der Waals surface area contributed by atoms with Crippen molar-refractivity contribution in [3.63, 3.8) is 0 Å². The van der Waals surface area contributed by atoms with Crippen LogP contribution in [0.5, 0.6) is 0 Å². The lowest BCUT2D eigenvalue weighted by Crippen LogP contribution is -2.58. The van der Waals surface area contributed by atoms with Gasteiger partial charge in [-0.1, -0.05) is 61.3 Å². The molecule has 0 aliphatic carbocycles. The summed E-state index contributed by atoms with van der Waals surface area (Å²) in [6.07, 6.45) is 1.39. The van der Waals surface area contributed by atoms with Crippen molar-refractivity contribution in [2.75, 3.05) is 33.3 Å². The van der Waals surface area contributed by atoms with E-state index in [2.05, 4.69) is 30.6 Å². The third-order valence-electron chi connectivity index (χ3n) is 9.85. The molecule has 0 bridgehead atoms. The number of likely N-dealkylation sites (tertiary alicyclic amines) is 1. The SMILES string of the molecule is CC(C)C1=C(C(=O)N2C(C)CC[C@H]2C(=O)N2CCN(C)[C@@H](CO)C2)SC2=N[C@@](C)(c3ccc(Cl)cc3)[C@@H](c3ccc(Cl)cc3)N21. The molecule has 4 aliphatic rings. The maximum absolute atomic E-state index is 14.6. The van der Waals surface area contributed by atoms with Crippen molar-refractivity contribution in [2.24, 2.45) is 10.9 Å². The number of benzene rings is 2. The molecule has 0 saturated carbocycles. The summed E-state index contributed by atoms with van der Waals surface area (Å²) in [6, 6.07) is 14.8. The van der Waals surface area contributed by atoms with Crippen LogP contribution in [0.15, 0.2) is 64.1 Å². The average Bonchev–Trinajstić information content (AvgIpc) is 3.67. The second kappa shape index (κ2) is 12.6. The number of aliphatic hydroxyl groups excluding tert-OH is 1. The Morgan fingerprint density at radius 2 is 1.69 bits per heavy atom. The average molecular weight is 671 g/mol. The van der Waals surface area contributed by atoms with Crippen molar-refractivity contribution >= 4 is 51.9 Å². The molecule has 4 heterocycles. The van der Waals surface area contributed by atoms with Crippen LogP contribution in [0.3, 0.4) is 0 Å². The number of aliphatic imine (C=N–C) groups is 1. The zero-order valence-corrected chi connectivity index (χ0v) is 28.7. The predicted molar refractivity (Wildman–Crippen MR) is 181 cm³/mol. The summed E-state index contributed by atoms with van der Waals surface area (Å²) in [5.74, 6) is -0.123. The van der Waals surface area contributed by atoms with Crippen LogP contribution >= 0.6 is 35.0 Å². The first kappa shape index (κ1) is 32.4. The van der Waals surface area contributed by atoms with Crippen LogP contribution < -0.4 is 0 Å². The molecule has 2 aromatic carbocycles. The number of allylic oxidation sites excluding steroid dienone is 1. The number of halogens is 2. The highest BCUT2D eigenvalue weighted by atomic mass is 35.5. The summed E-state index contributed by atoms with van der Waals surface area (Å²) in [5.41, 5.74) is 2.34. The molecule has 2 aromatic rings. The molecule has 2 amide bonds. The number of rotatable bonds is 6. The van der Waals surface area contributed by atoms with Gasteiger partial charge in [0.1, 0.15) is 16.5 Å². The summed E-state index contributed by atoms with van der Waals surface area (Å²) >= 11 is 14.0. The second-order valence-electron chi connectivity index (χ2n) is 13.1.